The van der Waals surface area contributed by atoms with Crippen LogP contribution in [0.1, 0.15) is 42.6 Å². The van der Waals surface area contributed by atoms with Crippen molar-refractivity contribution in [2.45, 2.75) is 33.2 Å². The Morgan fingerprint density at radius 3 is 2.29 bits per heavy atom. The highest BCUT2D eigenvalue weighted by atomic mass is 35.5. The van der Waals surface area contributed by atoms with E-state index in [1.807, 2.05) is 19.9 Å². The van der Waals surface area contributed by atoms with Crippen LogP contribution in [0.4, 0.5) is 5.69 Å². The number of anilines is 1. The second-order valence-corrected chi connectivity index (χ2v) is 6.26. The number of hydrogen-bond acceptors (Lipinski definition) is 4. The SMILES string of the molecule is CCC(CC)(CN)C(=O)NCc1cccc(C(=O)Nc2ccncc2)c1.Cl.Cl. The van der Waals surface area contributed by atoms with E-state index in [0.29, 0.717) is 37.2 Å². The standard InChI is InChI=1S/C20H26N4O2.2ClH/c1-3-20(4-2,14-21)19(26)23-13-15-6-5-7-16(12-15)18(25)24-17-8-10-22-11-9-17;;/h5-12H,3-4,13-14,21H2,1-2H3,(H,23,26)(H,22,24,25);2*1H. The molecule has 2 amide bonds. The third-order valence-electron chi connectivity index (χ3n) is 4.81. The van der Waals surface area contributed by atoms with E-state index >= 15 is 0 Å². The Kier molecular flexibility index (Phi) is 11.4. The Balaban J connectivity index is 0.00000364. The van der Waals surface area contributed by atoms with Crippen LogP contribution in [0.3, 0.4) is 0 Å². The first-order valence-electron chi connectivity index (χ1n) is 8.83. The minimum Gasteiger partial charge on any atom is -0.352 e. The molecule has 2 rings (SSSR count). The average Bonchev–Trinajstić information content (AvgIpc) is 2.69. The van der Waals surface area contributed by atoms with E-state index in [1.165, 1.54) is 0 Å². The number of carbonyl (C=O) groups is 2. The van der Waals surface area contributed by atoms with Crippen LogP contribution < -0.4 is 16.4 Å². The summed E-state index contributed by atoms with van der Waals surface area (Å²) in [5.74, 6) is -0.251. The van der Waals surface area contributed by atoms with Crippen LogP contribution in [0.25, 0.3) is 0 Å². The molecule has 28 heavy (non-hydrogen) atoms. The quantitative estimate of drug-likeness (QED) is 0.600. The molecule has 0 atom stereocenters. The second-order valence-electron chi connectivity index (χ2n) is 6.26. The number of rotatable bonds is 8. The predicted octanol–water partition coefficient (Wildman–Crippen LogP) is 3.56. The number of halogens is 2. The summed E-state index contributed by atoms with van der Waals surface area (Å²) >= 11 is 0. The molecule has 0 saturated carbocycles. The van der Waals surface area contributed by atoms with Crippen LogP contribution in [0, 0.1) is 5.41 Å². The number of pyridine rings is 1. The number of hydrogen-bond donors (Lipinski definition) is 3. The molecule has 0 aliphatic carbocycles. The number of nitrogens with two attached hydrogens (primary N) is 1. The fourth-order valence-electron chi connectivity index (χ4n) is 2.78. The molecule has 1 heterocycles. The lowest BCUT2D eigenvalue weighted by Crippen LogP contribution is -2.45. The lowest BCUT2D eigenvalue weighted by molar-refractivity contribution is -0.131. The average molecular weight is 427 g/mol. The van der Waals surface area contributed by atoms with Crippen LogP contribution >= 0.6 is 24.8 Å². The first-order chi connectivity index (χ1) is 12.5. The van der Waals surface area contributed by atoms with Gasteiger partial charge in [0.2, 0.25) is 5.91 Å². The van der Waals surface area contributed by atoms with Gasteiger partial charge in [-0.25, -0.2) is 0 Å². The highest BCUT2D eigenvalue weighted by molar-refractivity contribution is 6.04. The molecule has 0 aliphatic rings. The molecule has 0 saturated heterocycles. The van der Waals surface area contributed by atoms with E-state index in [9.17, 15) is 9.59 Å². The maximum Gasteiger partial charge on any atom is 0.255 e. The van der Waals surface area contributed by atoms with Gasteiger partial charge in [0.1, 0.15) is 0 Å². The van der Waals surface area contributed by atoms with Crippen molar-refractivity contribution in [3.8, 4) is 0 Å². The monoisotopic (exact) mass is 426 g/mol. The molecule has 0 radical (unpaired) electrons. The van der Waals surface area contributed by atoms with Crippen molar-refractivity contribution in [3.05, 3.63) is 59.9 Å². The van der Waals surface area contributed by atoms with Gasteiger partial charge in [-0.15, -0.1) is 24.8 Å². The molecular weight excluding hydrogens is 399 g/mol. The molecule has 6 nitrogen and oxygen atoms in total. The highest BCUT2D eigenvalue weighted by Crippen LogP contribution is 2.25. The van der Waals surface area contributed by atoms with Crippen molar-refractivity contribution in [1.29, 1.82) is 0 Å². The molecular formula is C20H28Cl2N4O2. The first-order valence-corrected chi connectivity index (χ1v) is 8.83. The van der Waals surface area contributed by atoms with E-state index in [-0.39, 0.29) is 36.6 Å². The summed E-state index contributed by atoms with van der Waals surface area (Å²) in [4.78, 5) is 28.8. The van der Waals surface area contributed by atoms with Crippen molar-refractivity contribution in [2.75, 3.05) is 11.9 Å². The smallest absolute Gasteiger partial charge is 0.255 e. The Hall–Kier alpha value is -2.15. The molecule has 2 aromatic rings. The Morgan fingerprint density at radius 2 is 1.71 bits per heavy atom. The highest BCUT2D eigenvalue weighted by Gasteiger charge is 2.32. The van der Waals surface area contributed by atoms with E-state index in [2.05, 4.69) is 15.6 Å². The number of nitrogens with one attached hydrogen (secondary N) is 2. The topological polar surface area (TPSA) is 97.1 Å². The number of amides is 2. The van der Waals surface area contributed by atoms with Crippen molar-refractivity contribution < 1.29 is 9.59 Å². The van der Waals surface area contributed by atoms with Gasteiger partial charge in [0.25, 0.3) is 5.91 Å². The Labute approximate surface area is 178 Å². The lowest BCUT2D eigenvalue weighted by atomic mass is 9.81. The van der Waals surface area contributed by atoms with Gasteiger partial charge >= 0.3 is 0 Å². The van der Waals surface area contributed by atoms with Gasteiger partial charge in [0.15, 0.2) is 0 Å². The van der Waals surface area contributed by atoms with Gasteiger partial charge in [-0.3, -0.25) is 14.6 Å². The summed E-state index contributed by atoms with van der Waals surface area (Å²) in [7, 11) is 0. The van der Waals surface area contributed by atoms with Gasteiger partial charge in [0, 0.05) is 36.7 Å². The number of nitrogens with zero attached hydrogens (tertiary/aromatic N) is 1. The third kappa shape index (κ3) is 6.48. The number of carbonyl (C=O) groups excluding carboxylic acids is 2. The van der Waals surface area contributed by atoms with Crippen molar-refractivity contribution in [3.63, 3.8) is 0 Å². The van der Waals surface area contributed by atoms with Gasteiger partial charge in [-0.1, -0.05) is 26.0 Å². The summed E-state index contributed by atoms with van der Waals surface area (Å²) in [5.41, 5.74) is 7.36. The molecule has 8 heteroatoms. The minimum atomic E-state index is -0.531. The molecule has 4 N–H and O–H groups in total. The first kappa shape index (κ1) is 25.9. The largest absolute Gasteiger partial charge is 0.352 e. The number of benzene rings is 1. The van der Waals surface area contributed by atoms with Crippen molar-refractivity contribution in [2.24, 2.45) is 11.1 Å². The van der Waals surface area contributed by atoms with E-state index in [1.54, 1.807) is 42.7 Å². The van der Waals surface area contributed by atoms with Gasteiger partial charge < -0.3 is 16.4 Å². The summed E-state index contributed by atoms with van der Waals surface area (Å²) in [5, 5.41) is 5.77. The van der Waals surface area contributed by atoms with E-state index in [0.717, 1.165) is 5.56 Å². The van der Waals surface area contributed by atoms with Crippen LogP contribution in [0.15, 0.2) is 48.8 Å². The summed E-state index contributed by atoms with van der Waals surface area (Å²) in [6.07, 6.45) is 4.62. The minimum absolute atomic E-state index is 0. The van der Waals surface area contributed by atoms with Gasteiger partial charge in [-0.05, 0) is 42.7 Å². The maximum atomic E-state index is 12.5. The van der Waals surface area contributed by atoms with Crippen molar-refractivity contribution in [1.82, 2.24) is 10.3 Å². The molecule has 0 bridgehead atoms. The fraction of sp³-hybridized carbons (Fsp3) is 0.350. The van der Waals surface area contributed by atoms with Crippen LogP contribution in [0.2, 0.25) is 0 Å². The lowest BCUT2D eigenvalue weighted by Gasteiger charge is -2.28. The maximum absolute atomic E-state index is 12.5. The van der Waals surface area contributed by atoms with Crippen LogP contribution in [0.5, 0.6) is 0 Å². The Bertz CT molecular complexity index is 745. The predicted molar refractivity (Wildman–Crippen MR) is 117 cm³/mol. The molecule has 1 aromatic carbocycles. The molecule has 0 unspecified atom stereocenters. The molecule has 0 aliphatic heterocycles. The molecule has 0 spiro atoms. The Morgan fingerprint density at radius 1 is 1.07 bits per heavy atom. The zero-order valence-electron chi connectivity index (χ0n) is 16.1. The second kappa shape index (κ2) is 12.3. The molecule has 0 fully saturated rings. The van der Waals surface area contributed by atoms with Gasteiger partial charge in [0.05, 0.1) is 5.41 Å². The third-order valence-corrected chi connectivity index (χ3v) is 4.81. The summed E-state index contributed by atoms with van der Waals surface area (Å²) in [6, 6.07) is 10.7. The molecule has 154 valence electrons. The zero-order chi connectivity index (χ0) is 19.0. The van der Waals surface area contributed by atoms with Crippen molar-refractivity contribution >= 4 is 42.3 Å². The van der Waals surface area contributed by atoms with Crippen LogP contribution in [-0.4, -0.2) is 23.3 Å². The van der Waals surface area contributed by atoms with Gasteiger partial charge in [-0.2, -0.15) is 0 Å². The normalized spacial score (nSPS) is 10.2. The molecule has 1 aromatic heterocycles. The summed E-state index contributed by atoms with van der Waals surface area (Å²) < 4.78 is 0. The summed E-state index contributed by atoms with van der Waals surface area (Å²) in [6.45, 7) is 4.62. The fourth-order valence-corrected chi connectivity index (χ4v) is 2.78. The van der Waals surface area contributed by atoms with Crippen LogP contribution in [-0.2, 0) is 11.3 Å². The zero-order valence-corrected chi connectivity index (χ0v) is 17.7. The number of aromatic nitrogens is 1. The van der Waals surface area contributed by atoms with E-state index < -0.39 is 5.41 Å². The van der Waals surface area contributed by atoms with E-state index in [4.69, 9.17) is 5.73 Å².